The number of methoxy groups -OCH3 is 1. The zero-order valence-electron chi connectivity index (χ0n) is 16.7. The summed E-state index contributed by atoms with van der Waals surface area (Å²) in [6.07, 6.45) is 2.02. The van der Waals surface area contributed by atoms with E-state index in [4.69, 9.17) is 9.15 Å². The normalized spacial score (nSPS) is 14.1. The summed E-state index contributed by atoms with van der Waals surface area (Å²) in [5, 5.41) is 0. The number of hydrogen-bond donors (Lipinski definition) is 0. The Balaban J connectivity index is 1.41. The average Bonchev–Trinajstić information content (AvgIpc) is 3.14. The van der Waals surface area contributed by atoms with Gasteiger partial charge in [-0.25, -0.2) is 9.97 Å². The van der Waals surface area contributed by atoms with E-state index in [1.165, 1.54) is 0 Å². The molecule has 0 bridgehead atoms. The summed E-state index contributed by atoms with van der Waals surface area (Å²) in [7, 11) is 1.61. The summed E-state index contributed by atoms with van der Waals surface area (Å²) in [5.74, 6) is 2.84. The van der Waals surface area contributed by atoms with Gasteiger partial charge in [0.05, 0.1) is 24.8 Å². The van der Waals surface area contributed by atoms with Crippen molar-refractivity contribution in [2.45, 2.75) is 13.3 Å². The maximum atomic E-state index is 12.8. The van der Waals surface area contributed by atoms with Crippen molar-refractivity contribution >= 4 is 11.7 Å². The van der Waals surface area contributed by atoms with Crippen molar-refractivity contribution in [1.29, 1.82) is 0 Å². The Morgan fingerprint density at radius 3 is 2.59 bits per heavy atom. The number of carbonyl (C=O) groups excluding carboxylic acids is 1. The van der Waals surface area contributed by atoms with Gasteiger partial charge in [-0.1, -0.05) is 18.2 Å². The van der Waals surface area contributed by atoms with Gasteiger partial charge >= 0.3 is 0 Å². The lowest BCUT2D eigenvalue weighted by Crippen LogP contribution is -2.49. The third-order valence-corrected chi connectivity index (χ3v) is 5.15. The van der Waals surface area contributed by atoms with E-state index < -0.39 is 0 Å². The third-order valence-electron chi connectivity index (χ3n) is 5.15. The molecule has 1 amide bonds. The molecular weight excluding hydrogens is 368 g/mol. The third kappa shape index (κ3) is 4.08. The lowest BCUT2D eigenvalue weighted by molar-refractivity contribution is -0.130. The van der Waals surface area contributed by atoms with Gasteiger partial charge in [0.1, 0.15) is 17.3 Å². The van der Waals surface area contributed by atoms with Gasteiger partial charge in [-0.3, -0.25) is 4.79 Å². The highest BCUT2D eigenvalue weighted by molar-refractivity contribution is 5.79. The van der Waals surface area contributed by atoms with Gasteiger partial charge in [-0.15, -0.1) is 0 Å². The minimum absolute atomic E-state index is 0.0636. The predicted molar refractivity (Wildman–Crippen MR) is 110 cm³/mol. The molecule has 7 heteroatoms. The zero-order valence-corrected chi connectivity index (χ0v) is 16.7. The first-order chi connectivity index (χ1) is 14.2. The summed E-state index contributed by atoms with van der Waals surface area (Å²) in [4.78, 5) is 25.9. The number of hydrogen-bond acceptors (Lipinski definition) is 6. The lowest BCUT2D eigenvalue weighted by Gasteiger charge is -2.35. The summed E-state index contributed by atoms with van der Waals surface area (Å²) >= 11 is 0. The van der Waals surface area contributed by atoms with Crippen molar-refractivity contribution in [2.24, 2.45) is 0 Å². The van der Waals surface area contributed by atoms with Gasteiger partial charge in [0.2, 0.25) is 11.8 Å². The van der Waals surface area contributed by atoms with Crippen molar-refractivity contribution in [3.05, 3.63) is 60.1 Å². The van der Waals surface area contributed by atoms with Gasteiger partial charge in [-0.05, 0) is 31.2 Å². The van der Waals surface area contributed by atoms with Crippen LogP contribution in [0.2, 0.25) is 0 Å². The number of rotatable bonds is 5. The van der Waals surface area contributed by atoms with Crippen molar-refractivity contribution < 1.29 is 13.9 Å². The second kappa shape index (κ2) is 8.34. The standard InChI is InChI=1S/C22H24N4O3/c1-16-18(24-22(29-16)17-7-3-4-8-19(17)28-2)15-21(27)26-13-11-25(12-14-26)20-9-5-6-10-23-20/h3-10H,11-15H2,1-2H3. The van der Waals surface area contributed by atoms with Crippen LogP contribution < -0.4 is 9.64 Å². The van der Waals surface area contributed by atoms with Gasteiger partial charge in [0, 0.05) is 32.4 Å². The molecule has 3 aromatic rings. The molecule has 1 aliphatic rings. The van der Waals surface area contributed by atoms with E-state index in [1.54, 1.807) is 13.3 Å². The first-order valence-corrected chi connectivity index (χ1v) is 9.69. The van der Waals surface area contributed by atoms with Crippen molar-refractivity contribution in [2.75, 3.05) is 38.2 Å². The van der Waals surface area contributed by atoms with Crippen LogP contribution in [-0.2, 0) is 11.2 Å². The minimum atomic E-state index is 0.0636. The molecule has 0 atom stereocenters. The molecule has 3 heterocycles. The monoisotopic (exact) mass is 392 g/mol. The van der Waals surface area contributed by atoms with Crippen LogP contribution in [0.3, 0.4) is 0 Å². The molecule has 0 radical (unpaired) electrons. The average molecular weight is 392 g/mol. The predicted octanol–water partition coefficient (Wildman–Crippen LogP) is 2.94. The summed E-state index contributed by atoms with van der Waals surface area (Å²) in [6, 6.07) is 13.4. The summed E-state index contributed by atoms with van der Waals surface area (Å²) in [6.45, 7) is 4.73. The molecule has 4 rings (SSSR count). The maximum absolute atomic E-state index is 12.8. The molecule has 0 aliphatic carbocycles. The first-order valence-electron chi connectivity index (χ1n) is 9.69. The molecule has 150 valence electrons. The number of oxazole rings is 1. The van der Waals surface area contributed by atoms with E-state index in [1.807, 2.05) is 54.3 Å². The Hall–Kier alpha value is -3.35. The van der Waals surface area contributed by atoms with Crippen LogP contribution in [0.25, 0.3) is 11.5 Å². The Morgan fingerprint density at radius 1 is 1.10 bits per heavy atom. The Morgan fingerprint density at radius 2 is 1.86 bits per heavy atom. The second-order valence-electron chi connectivity index (χ2n) is 6.95. The molecule has 29 heavy (non-hydrogen) atoms. The van der Waals surface area contributed by atoms with Crippen LogP contribution in [0.4, 0.5) is 5.82 Å². The highest BCUT2D eigenvalue weighted by Gasteiger charge is 2.24. The van der Waals surface area contributed by atoms with Gasteiger partial charge in [-0.2, -0.15) is 0 Å². The van der Waals surface area contributed by atoms with E-state index in [0.29, 0.717) is 36.2 Å². The number of anilines is 1. The fraction of sp³-hybridized carbons (Fsp3) is 0.318. The fourth-order valence-electron chi connectivity index (χ4n) is 3.51. The Bertz CT molecular complexity index is 979. The van der Waals surface area contributed by atoms with Crippen LogP contribution in [0.1, 0.15) is 11.5 Å². The number of nitrogens with zero attached hydrogens (tertiary/aromatic N) is 4. The molecule has 1 aliphatic heterocycles. The van der Waals surface area contributed by atoms with Crippen molar-refractivity contribution in [3.8, 4) is 17.2 Å². The van der Waals surface area contributed by atoms with Crippen LogP contribution in [-0.4, -0.2) is 54.1 Å². The first kappa shape index (κ1) is 19.0. The molecule has 0 spiro atoms. The van der Waals surface area contributed by atoms with Gasteiger partial charge in [0.25, 0.3) is 0 Å². The van der Waals surface area contributed by atoms with E-state index in [0.717, 1.165) is 24.5 Å². The van der Waals surface area contributed by atoms with Crippen LogP contribution in [0.15, 0.2) is 53.1 Å². The fourth-order valence-corrected chi connectivity index (χ4v) is 3.51. The molecule has 0 saturated carbocycles. The number of ether oxygens (including phenoxy) is 1. The Kier molecular flexibility index (Phi) is 5.46. The SMILES string of the molecule is COc1ccccc1-c1nc(CC(=O)N2CCN(c3ccccn3)CC2)c(C)o1. The summed E-state index contributed by atoms with van der Waals surface area (Å²) < 4.78 is 11.2. The number of benzene rings is 1. The number of amides is 1. The molecule has 7 nitrogen and oxygen atoms in total. The smallest absolute Gasteiger partial charge is 0.230 e. The number of aryl methyl sites for hydroxylation is 1. The molecule has 1 aromatic carbocycles. The number of piperazine rings is 1. The van der Waals surface area contributed by atoms with Gasteiger partial charge in [0.15, 0.2) is 0 Å². The minimum Gasteiger partial charge on any atom is -0.496 e. The molecule has 2 aromatic heterocycles. The lowest BCUT2D eigenvalue weighted by atomic mass is 10.2. The van der Waals surface area contributed by atoms with E-state index in [9.17, 15) is 4.79 Å². The van der Waals surface area contributed by atoms with E-state index >= 15 is 0 Å². The van der Waals surface area contributed by atoms with Crippen molar-refractivity contribution in [3.63, 3.8) is 0 Å². The number of para-hydroxylation sites is 1. The topological polar surface area (TPSA) is 71.7 Å². The molecule has 1 fully saturated rings. The van der Waals surface area contributed by atoms with Crippen LogP contribution in [0.5, 0.6) is 5.75 Å². The van der Waals surface area contributed by atoms with Crippen LogP contribution >= 0.6 is 0 Å². The molecule has 1 saturated heterocycles. The zero-order chi connectivity index (χ0) is 20.2. The molecular formula is C22H24N4O3. The highest BCUT2D eigenvalue weighted by atomic mass is 16.5. The quantitative estimate of drug-likeness (QED) is 0.665. The molecule has 0 unspecified atom stereocenters. The summed E-state index contributed by atoms with van der Waals surface area (Å²) in [5.41, 5.74) is 1.45. The second-order valence-corrected chi connectivity index (χ2v) is 6.95. The number of carbonyl (C=O) groups is 1. The Labute approximate surface area is 169 Å². The van der Waals surface area contributed by atoms with E-state index in [2.05, 4.69) is 14.9 Å². The number of aromatic nitrogens is 2. The number of pyridine rings is 1. The van der Waals surface area contributed by atoms with Crippen molar-refractivity contribution in [1.82, 2.24) is 14.9 Å². The van der Waals surface area contributed by atoms with Gasteiger partial charge < -0.3 is 19.0 Å². The van der Waals surface area contributed by atoms with E-state index in [-0.39, 0.29) is 12.3 Å². The molecule has 0 N–H and O–H groups in total. The highest BCUT2D eigenvalue weighted by Crippen LogP contribution is 2.30. The van der Waals surface area contributed by atoms with Crippen LogP contribution in [0, 0.1) is 6.92 Å². The largest absolute Gasteiger partial charge is 0.496 e. The maximum Gasteiger partial charge on any atom is 0.230 e.